The second kappa shape index (κ2) is 12.8. The van der Waals surface area contributed by atoms with Gasteiger partial charge in [0.15, 0.2) is 17.3 Å². The van der Waals surface area contributed by atoms with E-state index in [0.717, 1.165) is 44.2 Å². The number of ketones is 2. The van der Waals surface area contributed by atoms with Crippen LogP contribution in [0, 0.1) is 35.0 Å². The lowest BCUT2D eigenvalue weighted by molar-refractivity contribution is -0.134. The number of hydrogen-bond acceptors (Lipinski definition) is 8. The number of carbonyl (C=O) groups is 2. The van der Waals surface area contributed by atoms with E-state index in [0.29, 0.717) is 73.0 Å². The maximum Gasteiger partial charge on any atom is 0.160 e. The van der Waals surface area contributed by atoms with Gasteiger partial charge in [-0.1, -0.05) is 18.3 Å². The van der Waals surface area contributed by atoms with E-state index in [2.05, 4.69) is 17.2 Å². The first-order valence-electron chi connectivity index (χ1n) is 15.4. The molecule has 5 N–H and O–H groups in total. The summed E-state index contributed by atoms with van der Waals surface area (Å²) in [5, 5.41) is 45.4. The summed E-state index contributed by atoms with van der Waals surface area (Å²) in [5.74, 6) is 7.97. The Balaban J connectivity index is 1.28. The summed E-state index contributed by atoms with van der Waals surface area (Å²) in [6, 6.07) is 3.65. The van der Waals surface area contributed by atoms with E-state index in [1.807, 2.05) is 0 Å². The quantitative estimate of drug-likeness (QED) is 0.317. The highest BCUT2D eigenvalue weighted by Crippen LogP contribution is 2.45. The first kappa shape index (κ1) is 30.0. The molecule has 8 heteroatoms. The third kappa shape index (κ3) is 6.49. The van der Waals surface area contributed by atoms with Gasteiger partial charge in [-0.3, -0.25) is 9.59 Å². The van der Waals surface area contributed by atoms with Crippen LogP contribution >= 0.6 is 0 Å². The fraction of sp³-hybridized carbons (Fsp3) is 0.697. The molecular formula is C33H45NO7. The average molecular weight is 568 g/mol. The van der Waals surface area contributed by atoms with Gasteiger partial charge < -0.3 is 30.5 Å². The Morgan fingerprint density at radius 2 is 1.93 bits per heavy atom. The number of fused-ring (bicyclic) bond motifs is 2. The molecule has 1 aromatic rings. The van der Waals surface area contributed by atoms with Crippen LogP contribution in [0.2, 0.25) is 0 Å². The van der Waals surface area contributed by atoms with Crippen molar-refractivity contribution in [2.45, 2.75) is 101 Å². The van der Waals surface area contributed by atoms with Crippen molar-refractivity contribution in [3.63, 3.8) is 0 Å². The first-order chi connectivity index (χ1) is 19.7. The third-order valence-corrected chi connectivity index (χ3v) is 10.3. The summed E-state index contributed by atoms with van der Waals surface area (Å²) in [6.07, 6.45) is 6.37. The van der Waals surface area contributed by atoms with Gasteiger partial charge in [-0.15, -0.1) is 0 Å². The minimum atomic E-state index is -1.15. The summed E-state index contributed by atoms with van der Waals surface area (Å²) in [4.78, 5) is 25.5. The minimum absolute atomic E-state index is 0.0435. The van der Waals surface area contributed by atoms with Crippen LogP contribution < -0.4 is 10.1 Å². The fourth-order valence-corrected chi connectivity index (χ4v) is 7.77. The molecule has 0 bridgehead atoms. The van der Waals surface area contributed by atoms with E-state index >= 15 is 0 Å². The highest BCUT2D eigenvalue weighted by Gasteiger charge is 2.47. The van der Waals surface area contributed by atoms with Gasteiger partial charge in [0.1, 0.15) is 11.2 Å². The van der Waals surface area contributed by atoms with E-state index in [1.54, 1.807) is 12.1 Å². The molecule has 1 aromatic carbocycles. The van der Waals surface area contributed by atoms with E-state index in [9.17, 15) is 30.0 Å². The van der Waals surface area contributed by atoms with E-state index in [4.69, 9.17) is 4.74 Å². The highest BCUT2D eigenvalue weighted by molar-refractivity contribution is 5.89. The van der Waals surface area contributed by atoms with Crippen LogP contribution in [-0.2, 0) is 16.0 Å². The Hall–Kier alpha value is -2.44. The van der Waals surface area contributed by atoms with Gasteiger partial charge in [-0.05, 0) is 98.9 Å². The number of aliphatic hydroxyl groups is 3. The Kier molecular flexibility index (Phi) is 9.40. The number of Topliss-reactive ketones (excluding diaryl/α,β-unsaturated/α-hetero) is 2. The predicted molar refractivity (Wildman–Crippen MR) is 153 cm³/mol. The number of nitrogens with one attached hydrogen (secondary N) is 1. The maximum absolute atomic E-state index is 13.7. The lowest BCUT2D eigenvalue weighted by atomic mass is 9.64. The average Bonchev–Trinajstić information content (AvgIpc) is 3.02. The van der Waals surface area contributed by atoms with E-state index in [1.165, 1.54) is 7.11 Å². The van der Waals surface area contributed by atoms with Gasteiger partial charge in [0.25, 0.3) is 0 Å². The third-order valence-electron chi connectivity index (χ3n) is 10.3. The second-order valence-corrected chi connectivity index (χ2v) is 12.9. The molecule has 224 valence electrons. The smallest absolute Gasteiger partial charge is 0.160 e. The molecule has 1 saturated heterocycles. The summed E-state index contributed by atoms with van der Waals surface area (Å²) in [5.41, 5.74) is 0.367. The molecule has 2 saturated carbocycles. The molecule has 1 heterocycles. The summed E-state index contributed by atoms with van der Waals surface area (Å²) in [6.45, 7) is 0.527. The molecule has 8 nitrogen and oxygen atoms in total. The van der Waals surface area contributed by atoms with E-state index in [-0.39, 0.29) is 24.4 Å². The molecule has 4 aliphatic rings. The SMILES string of the molecule is COc1cc2c(cc1O)[C@@H](C[C@H](O)CO)C#C[C@]1(CC[C@H](CC[C@H]3CN[C@@H]4CC(=O)CC[C@H]4C3)C[C@H]1O)C(=O)CC2. The Labute approximate surface area is 242 Å². The van der Waals surface area contributed by atoms with Crippen LogP contribution in [0.3, 0.4) is 0 Å². The lowest BCUT2D eigenvalue weighted by Crippen LogP contribution is -2.49. The highest BCUT2D eigenvalue weighted by atomic mass is 16.5. The van der Waals surface area contributed by atoms with Crippen LogP contribution in [-0.4, -0.2) is 70.5 Å². The number of aryl methyl sites for hydroxylation is 1. The molecular weight excluding hydrogens is 522 g/mol. The van der Waals surface area contributed by atoms with Crippen molar-refractivity contribution in [2.75, 3.05) is 20.3 Å². The van der Waals surface area contributed by atoms with Crippen molar-refractivity contribution in [2.24, 2.45) is 23.2 Å². The number of rotatable bonds is 7. The van der Waals surface area contributed by atoms with Crippen LogP contribution in [0.25, 0.3) is 0 Å². The molecule has 41 heavy (non-hydrogen) atoms. The van der Waals surface area contributed by atoms with Gasteiger partial charge in [0.05, 0.1) is 25.9 Å². The molecule has 5 rings (SSSR count). The molecule has 0 unspecified atom stereocenters. The normalized spacial score (nSPS) is 34.3. The van der Waals surface area contributed by atoms with Crippen LogP contribution in [0.4, 0.5) is 0 Å². The van der Waals surface area contributed by atoms with Crippen LogP contribution in [0.15, 0.2) is 12.1 Å². The molecule has 1 spiro atoms. The fourth-order valence-electron chi connectivity index (χ4n) is 7.77. The molecule has 0 amide bonds. The van der Waals surface area contributed by atoms with Crippen molar-refractivity contribution in [3.8, 4) is 23.3 Å². The van der Waals surface area contributed by atoms with Gasteiger partial charge in [0.2, 0.25) is 0 Å². The molecule has 0 radical (unpaired) electrons. The monoisotopic (exact) mass is 567 g/mol. The number of benzene rings is 1. The largest absolute Gasteiger partial charge is 0.504 e. The van der Waals surface area contributed by atoms with Crippen molar-refractivity contribution in [1.29, 1.82) is 0 Å². The van der Waals surface area contributed by atoms with Crippen molar-refractivity contribution in [1.82, 2.24) is 5.32 Å². The van der Waals surface area contributed by atoms with Crippen molar-refractivity contribution in [3.05, 3.63) is 23.3 Å². The van der Waals surface area contributed by atoms with Gasteiger partial charge in [-0.2, -0.15) is 0 Å². The summed E-state index contributed by atoms with van der Waals surface area (Å²) in [7, 11) is 1.47. The Bertz CT molecular complexity index is 1190. The lowest BCUT2D eigenvalue weighted by Gasteiger charge is -2.42. The number of phenolic OH excluding ortho intramolecular Hbond substituents is 1. The van der Waals surface area contributed by atoms with Crippen molar-refractivity contribution >= 4 is 11.6 Å². The zero-order chi connectivity index (χ0) is 29.1. The number of phenols is 1. The van der Waals surface area contributed by atoms with E-state index < -0.39 is 30.1 Å². The van der Waals surface area contributed by atoms with Crippen LogP contribution in [0.1, 0.15) is 87.7 Å². The number of aliphatic hydroxyl groups excluding tert-OH is 3. The Morgan fingerprint density at radius 1 is 1.12 bits per heavy atom. The number of piperidine rings is 1. The van der Waals surface area contributed by atoms with Gasteiger partial charge in [0, 0.05) is 31.2 Å². The number of methoxy groups -OCH3 is 1. The summed E-state index contributed by atoms with van der Waals surface area (Å²) >= 11 is 0. The van der Waals surface area contributed by atoms with Crippen molar-refractivity contribution < 1.29 is 34.8 Å². The first-order valence-corrected chi connectivity index (χ1v) is 15.4. The number of carbonyl (C=O) groups excluding carboxylic acids is 2. The molecule has 0 aromatic heterocycles. The molecule has 8 atom stereocenters. The maximum atomic E-state index is 13.7. The van der Waals surface area contributed by atoms with Crippen LogP contribution in [0.5, 0.6) is 11.5 Å². The topological polar surface area (TPSA) is 136 Å². The van der Waals surface area contributed by atoms with Gasteiger partial charge >= 0.3 is 0 Å². The zero-order valence-electron chi connectivity index (χ0n) is 24.1. The van der Waals surface area contributed by atoms with Gasteiger partial charge in [-0.25, -0.2) is 0 Å². The predicted octanol–water partition coefficient (Wildman–Crippen LogP) is 3.02. The minimum Gasteiger partial charge on any atom is -0.504 e. The Morgan fingerprint density at radius 3 is 2.68 bits per heavy atom. The summed E-state index contributed by atoms with van der Waals surface area (Å²) < 4.78 is 5.30. The molecule has 3 fully saturated rings. The number of ether oxygens (including phenoxy) is 1. The molecule has 1 aliphatic heterocycles. The standard InChI is InChI=1S/C33H45NO7/c1-41-30-15-22-5-7-31(39)33(11-9-23(14-26(37)19-35)27(22)17-29(30)38)10-8-20(13-32(33)40)2-3-21-12-24-4-6-25(36)16-28(24)34-18-21/h15,17,20-21,23-24,26,28,32,34-35,37-38,40H,2-8,10,12-14,16,18-19H2,1H3/t20-,21+,23+,24-,26-,28+,32+,33+/m0/s1. The second-order valence-electron chi connectivity index (χ2n) is 12.9. The number of aromatic hydroxyl groups is 1. The molecule has 3 aliphatic carbocycles. The number of hydrogen-bond donors (Lipinski definition) is 5. The zero-order valence-corrected chi connectivity index (χ0v) is 24.1.